The number of carbonyl (C=O) groups is 2. The van der Waals surface area contributed by atoms with Crippen LogP contribution in [-0.4, -0.2) is 22.0 Å². The van der Waals surface area contributed by atoms with Crippen LogP contribution in [0.3, 0.4) is 0 Å². The quantitative estimate of drug-likeness (QED) is 0.259. The molecule has 2 bridgehead atoms. The van der Waals surface area contributed by atoms with Gasteiger partial charge in [-0.15, -0.1) is 11.8 Å². The Hall–Kier alpha value is -3.40. The van der Waals surface area contributed by atoms with Gasteiger partial charge in [-0.1, -0.05) is 53.3 Å². The number of nitrogens with zero attached hydrogens (tertiary/aromatic N) is 1. The third-order valence-corrected chi connectivity index (χ3v) is 12.2. The van der Waals surface area contributed by atoms with Gasteiger partial charge in [0.05, 0.1) is 22.5 Å². The predicted molar refractivity (Wildman–Crippen MR) is 160 cm³/mol. The number of amides is 2. The second-order valence-electron chi connectivity index (χ2n) is 11.4. The lowest BCUT2D eigenvalue weighted by Gasteiger charge is -2.43. The maximum Gasteiger partial charge on any atom is 0.305 e. The molecule has 1 aromatic heterocycles. The average molecular weight is 619 g/mol. The van der Waals surface area contributed by atoms with Crippen molar-refractivity contribution >= 4 is 52.2 Å². The zero-order valence-electron chi connectivity index (χ0n) is 22.0. The van der Waals surface area contributed by atoms with Crippen LogP contribution in [0, 0.1) is 35.4 Å². The summed E-state index contributed by atoms with van der Waals surface area (Å²) in [4.78, 5) is 45.5. The van der Waals surface area contributed by atoms with Gasteiger partial charge in [-0.3, -0.25) is 19.3 Å². The number of thiazole rings is 1. The molecule has 42 heavy (non-hydrogen) atoms. The van der Waals surface area contributed by atoms with Crippen molar-refractivity contribution < 1.29 is 18.7 Å². The number of carbonyl (C=O) groups excluding carboxylic acids is 2. The molecule has 0 spiro atoms. The highest BCUT2D eigenvalue weighted by molar-refractivity contribution is 8.00. The number of aromatic amines is 1. The summed E-state index contributed by atoms with van der Waals surface area (Å²) < 4.78 is 20.0. The molecule has 3 aromatic carbocycles. The summed E-state index contributed by atoms with van der Waals surface area (Å²) in [6.45, 7) is 0.357. The van der Waals surface area contributed by atoms with Gasteiger partial charge in [0.2, 0.25) is 11.8 Å². The topological polar surface area (TPSA) is 79.5 Å². The number of H-pyrrole nitrogens is 1. The number of anilines is 1. The van der Waals surface area contributed by atoms with Gasteiger partial charge in [0, 0.05) is 26.6 Å². The van der Waals surface area contributed by atoms with E-state index in [1.165, 1.54) is 40.5 Å². The first-order valence-corrected chi connectivity index (χ1v) is 16.0. The second-order valence-corrected chi connectivity index (χ2v) is 14.0. The molecule has 7 atom stereocenters. The van der Waals surface area contributed by atoms with Crippen LogP contribution in [0.15, 0.2) is 82.6 Å². The van der Waals surface area contributed by atoms with Crippen molar-refractivity contribution in [3.8, 4) is 5.75 Å². The van der Waals surface area contributed by atoms with Crippen LogP contribution in [0.25, 0.3) is 0 Å². The van der Waals surface area contributed by atoms with Gasteiger partial charge in [0.15, 0.2) is 0 Å². The Morgan fingerprint density at radius 3 is 2.40 bits per heavy atom. The number of para-hydroxylation sites is 1. The number of thioether (sulfide) groups is 1. The Labute approximate surface area is 253 Å². The van der Waals surface area contributed by atoms with Gasteiger partial charge in [0.25, 0.3) is 0 Å². The highest BCUT2D eigenvalue weighted by Crippen LogP contribution is 2.69. The average Bonchev–Trinajstić information content (AvgIpc) is 3.72. The van der Waals surface area contributed by atoms with Gasteiger partial charge >= 0.3 is 4.87 Å². The molecule has 4 aliphatic rings. The van der Waals surface area contributed by atoms with E-state index in [4.69, 9.17) is 16.3 Å². The lowest BCUT2D eigenvalue weighted by Crippen LogP contribution is -2.42. The van der Waals surface area contributed by atoms with Crippen LogP contribution in [0.2, 0.25) is 5.02 Å². The van der Waals surface area contributed by atoms with E-state index in [1.54, 1.807) is 11.8 Å². The number of imide groups is 1. The number of benzene rings is 3. The molecule has 0 unspecified atom stereocenters. The maximum atomic E-state index is 13.9. The fraction of sp³-hybridized carbons (Fsp3) is 0.281. The molecule has 8 rings (SSSR count). The normalized spacial score (nSPS) is 29.0. The summed E-state index contributed by atoms with van der Waals surface area (Å²) in [6.07, 6.45) is 0.788. The van der Waals surface area contributed by atoms with Crippen LogP contribution in [0.1, 0.15) is 28.3 Å². The highest BCUT2D eigenvalue weighted by Gasteiger charge is 2.69. The minimum Gasteiger partial charge on any atom is -0.489 e. The smallest absolute Gasteiger partial charge is 0.305 e. The molecule has 2 aliphatic heterocycles. The molecule has 3 heterocycles. The van der Waals surface area contributed by atoms with Crippen molar-refractivity contribution in [3.05, 3.63) is 109 Å². The summed E-state index contributed by atoms with van der Waals surface area (Å²) >= 11 is 8.93. The van der Waals surface area contributed by atoms with Crippen molar-refractivity contribution in [2.75, 3.05) is 4.90 Å². The van der Waals surface area contributed by atoms with Gasteiger partial charge < -0.3 is 9.72 Å². The number of rotatable bonds is 5. The zero-order valence-corrected chi connectivity index (χ0v) is 24.4. The number of halogens is 2. The van der Waals surface area contributed by atoms with Crippen molar-refractivity contribution in [2.24, 2.45) is 29.6 Å². The summed E-state index contributed by atoms with van der Waals surface area (Å²) in [5, 5.41) is 1.57. The van der Waals surface area contributed by atoms with Gasteiger partial charge in [-0.2, -0.15) is 0 Å². The number of ether oxygens (including phenoxy) is 1. The third-order valence-electron chi connectivity index (χ3n) is 9.37. The SMILES string of the molecule is O=C1[C@H]2[C@H]3C[C@@H]([C@@H]2C(=O)N1c1ccc(F)cc1)[C@H]1[C@H](c2ccccc2OCc2ccc(Cl)cc2)c2sc(=O)[nH]c2S[C@H]31. The first-order valence-electron chi connectivity index (χ1n) is 13.9. The second kappa shape index (κ2) is 9.82. The standard InChI is InChI=1S/C32H24ClFN2O4S2/c33-16-7-5-15(6-8-16)14-40-22-4-2-1-3-19(22)23-24-20-13-21(27(24)41-29-28(23)42-32(39)35-29)26-25(20)30(37)36(31(26)38)18-11-9-17(34)10-12-18/h1-12,20-21,23-27H,13-14H2,(H,35,39)/t20-,21-,23+,24+,25+,26+,27-/m1/s1. The molecule has 1 N–H and O–H groups in total. The number of fused-ring (bicyclic) bond motifs is 9. The Kier molecular flexibility index (Phi) is 6.14. The molecule has 2 aliphatic carbocycles. The molecule has 0 radical (unpaired) electrons. The minimum atomic E-state index is -0.434. The predicted octanol–water partition coefficient (Wildman–Crippen LogP) is 6.49. The minimum absolute atomic E-state index is 0.00176. The zero-order chi connectivity index (χ0) is 28.7. The fourth-order valence-electron chi connectivity index (χ4n) is 7.82. The van der Waals surface area contributed by atoms with E-state index in [2.05, 4.69) is 11.1 Å². The molecule has 10 heteroatoms. The lowest BCUT2D eigenvalue weighted by atomic mass is 9.68. The number of hydrogen-bond donors (Lipinski definition) is 1. The van der Waals surface area contributed by atoms with Crippen LogP contribution < -0.4 is 14.5 Å². The van der Waals surface area contributed by atoms with Crippen LogP contribution in [0.4, 0.5) is 10.1 Å². The number of hydrogen-bond acceptors (Lipinski definition) is 6. The largest absolute Gasteiger partial charge is 0.489 e. The van der Waals surface area contributed by atoms with E-state index in [9.17, 15) is 18.8 Å². The van der Waals surface area contributed by atoms with E-state index in [1.807, 2.05) is 42.5 Å². The summed E-state index contributed by atoms with van der Waals surface area (Å²) in [5.74, 6) is -1.07. The number of aromatic nitrogens is 1. The molecule has 3 fully saturated rings. The molecular weight excluding hydrogens is 595 g/mol. The lowest BCUT2D eigenvalue weighted by molar-refractivity contribution is -0.123. The molecule has 6 nitrogen and oxygen atoms in total. The monoisotopic (exact) mass is 618 g/mol. The van der Waals surface area contributed by atoms with Crippen LogP contribution in [-0.2, 0) is 16.2 Å². The summed E-state index contributed by atoms with van der Waals surface area (Å²) in [5.41, 5.74) is 2.38. The molecule has 1 saturated heterocycles. The van der Waals surface area contributed by atoms with E-state index in [0.717, 1.165) is 33.2 Å². The van der Waals surface area contributed by atoms with Gasteiger partial charge in [0.1, 0.15) is 18.2 Å². The van der Waals surface area contributed by atoms with E-state index in [0.29, 0.717) is 17.3 Å². The Bertz CT molecular complexity index is 1790. The van der Waals surface area contributed by atoms with Crippen molar-refractivity contribution in [1.29, 1.82) is 0 Å². The Morgan fingerprint density at radius 2 is 1.64 bits per heavy atom. The van der Waals surface area contributed by atoms with E-state index < -0.39 is 17.7 Å². The van der Waals surface area contributed by atoms with Crippen molar-refractivity contribution in [2.45, 2.75) is 29.2 Å². The maximum absolute atomic E-state index is 13.9. The summed E-state index contributed by atoms with van der Waals surface area (Å²) in [6, 6.07) is 21.0. The fourth-order valence-corrected chi connectivity index (χ4v) is 10.8. The van der Waals surface area contributed by atoms with Crippen LogP contribution in [0.5, 0.6) is 5.75 Å². The van der Waals surface area contributed by atoms with Crippen LogP contribution >= 0.6 is 34.7 Å². The Balaban J connectivity index is 1.18. The summed E-state index contributed by atoms with van der Waals surface area (Å²) in [7, 11) is 0. The molecule has 2 saturated carbocycles. The van der Waals surface area contributed by atoms with Gasteiger partial charge in [-0.05, 0) is 72.2 Å². The Morgan fingerprint density at radius 1 is 0.929 bits per heavy atom. The first-order chi connectivity index (χ1) is 20.4. The van der Waals surface area contributed by atoms with Crippen molar-refractivity contribution in [1.82, 2.24) is 4.98 Å². The molecule has 2 amide bonds. The van der Waals surface area contributed by atoms with Crippen molar-refractivity contribution in [3.63, 3.8) is 0 Å². The van der Waals surface area contributed by atoms with Gasteiger partial charge in [-0.25, -0.2) is 4.39 Å². The van der Waals surface area contributed by atoms with E-state index >= 15 is 0 Å². The van der Waals surface area contributed by atoms with E-state index in [-0.39, 0.29) is 45.6 Å². The molecular formula is C32H24ClFN2O4S2. The first kappa shape index (κ1) is 26.2. The molecule has 212 valence electrons. The molecule has 4 aromatic rings. The third kappa shape index (κ3) is 3.93. The highest BCUT2D eigenvalue weighted by atomic mass is 35.5. The number of nitrogens with one attached hydrogen (secondary N) is 1.